The van der Waals surface area contributed by atoms with Crippen LogP contribution in [0.5, 0.6) is 11.5 Å². The number of nitrogens with zero attached hydrogens (tertiary/aromatic N) is 6. The molecule has 0 N–H and O–H groups in total. The number of fused-ring (bicyclic) bond motifs is 2. The van der Waals surface area contributed by atoms with Gasteiger partial charge < -0.3 is 14.4 Å². The third kappa shape index (κ3) is 5.23. The first kappa shape index (κ1) is 26.3. The monoisotopic (exact) mass is 572 g/mol. The van der Waals surface area contributed by atoms with Crippen molar-refractivity contribution < 1.29 is 22.6 Å². The van der Waals surface area contributed by atoms with Crippen molar-refractivity contribution in [2.45, 2.75) is 19.3 Å². The lowest BCUT2D eigenvalue weighted by Gasteiger charge is -2.35. The summed E-state index contributed by atoms with van der Waals surface area (Å²) in [5, 5.41) is 5.38. The average Bonchev–Trinajstić information content (AvgIpc) is 3.64. The zero-order valence-corrected chi connectivity index (χ0v) is 22.6. The number of alkyl halides is 3. The first-order valence-electron chi connectivity index (χ1n) is 13.7. The van der Waals surface area contributed by atoms with E-state index in [-0.39, 0.29) is 12.6 Å². The van der Waals surface area contributed by atoms with Crippen LogP contribution < -0.4 is 14.4 Å². The fourth-order valence-electron chi connectivity index (χ4n) is 5.43. The van der Waals surface area contributed by atoms with E-state index in [0.29, 0.717) is 36.7 Å². The minimum atomic E-state index is -4.47. The molecule has 0 saturated carbocycles. The molecule has 3 aromatic carbocycles. The molecule has 0 aliphatic carbocycles. The molecule has 1 fully saturated rings. The summed E-state index contributed by atoms with van der Waals surface area (Å²) in [4.78, 5) is 14.1. The van der Waals surface area contributed by atoms with Crippen LogP contribution in [0.3, 0.4) is 0 Å². The molecule has 5 aromatic rings. The molecule has 42 heavy (non-hydrogen) atoms. The van der Waals surface area contributed by atoms with Crippen LogP contribution in [0, 0.1) is 0 Å². The van der Waals surface area contributed by atoms with Gasteiger partial charge in [0.2, 0.25) is 6.79 Å². The molecule has 2 aliphatic heterocycles. The van der Waals surface area contributed by atoms with Gasteiger partial charge in [0.25, 0.3) is 0 Å². The van der Waals surface area contributed by atoms with E-state index in [4.69, 9.17) is 19.4 Å². The van der Waals surface area contributed by atoms with Crippen LogP contribution in [0.15, 0.2) is 79.0 Å². The molecule has 0 amide bonds. The zero-order valence-electron chi connectivity index (χ0n) is 22.6. The van der Waals surface area contributed by atoms with E-state index in [1.54, 1.807) is 16.9 Å². The van der Waals surface area contributed by atoms with Crippen molar-refractivity contribution in [1.82, 2.24) is 24.6 Å². The molecular weight excluding hydrogens is 545 g/mol. The van der Waals surface area contributed by atoms with E-state index < -0.39 is 11.7 Å². The summed E-state index contributed by atoms with van der Waals surface area (Å²) in [5.74, 6) is 2.44. The number of benzene rings is 3. The number of ether oxygens (including phenoxy) is 2. The first-order valence-corrected chi connectivity index (χ1v) is 13.7. The standard InChI is InChI=1S/C31H27F3N6O2/c32-31(33,34)24-8-4-7-23(16-24)28-36-29(25-17-35-40(30(25)37-28)19-21-5-2-1-3-6-21)39-13-11-38(12-14-39)18-22-9-10-26-27(15-22)42-20-41-26/h1-10,15-17H,11-14,18-20H2. The SMILES string of the molecule is FC(F)(F)c1cccc(-c2nc(N3CCN(Cc4ccc5c(c4)OCO5)CC3)c3cnn(Cc4ccccc4)c3n2)c1. The number of piperazine rings is 1. The summed E-state index contributed by atoms with van der Waals surface area (Å²) in [6.45, 7) is 4.47. The Kier molecular flexibility index (Phi) is 6.66. The molecule has 0 radical (unpaired) electrons. The lowest BCUT2D eigenvalue weighted by molar-refractivity contribution is -0.137. The summed E-state index contributed by atoms with van der Waals surface area (Å²) >= 11 is 0. The smallest absolute Gasteiger partial charge is 0.416 e. The molecule has 0 spiro atoms. The summed E-state index contributed by atoms with van der Waals surface area (Å²) in [6.07, 6.45) is -2.71. The number of anilines is 1. The number of halogens is 3. The van der Waals surface area contributed by atoms with Crippen molar-refractivity contribution >= 4 is 16.9 Å². The van der Waals surface area contributed by atoms with E-state index in [2.05, 4.69) is 21.0 Å². The molecule has 4 heterocycles. The van der Waals surface area contributed by atoms with Gasteiger partial charge in [0.05, 0.1) is 23.7 Å². The van der Waals surface area contributed by atoms with E-state index in [0.717, 1.165) is 59.8 Å². The lowest BCUT2D eigenvalue weighted by Crippen LogP contribution is -2.46. The molecule has 214 valence electrons. The Morgan fingerprint density at radius 3 is 2.38 bits per heavy atom. The number of hydrogen-bond donors (Lipinski definition) is 0. The van der Waals surface area contributed by atoms with Gasteiger partial charge >= 0.3 is 6.18 Å². The van der Waals surface area contributed by atoms with Gasteiger partial charge in [-0.05, 0) is 35.4 Å². The van der Waals surface area contributed by atoms with Crippen molar-refractivity contribution in [2.75, 3.05) is 37.9 Å². The molecule has 8 nitrogen and oxygen atoms in total. The van der Waals surface area contributed by atoms with Crippen LogP contribution in [0.25, 0.3) is 22.4 Å². The highest BCUT2D eigenvalue weighted by atomic mass is 19.4. The predicted molar refractivity (Wildman–Crippen MR) is 151 cm³/mol. The van der Waals surface area contributed by atoms with Gasteiger partial charge in [-0.25, -0.2) is 14.6 Å². The highest BCUT2D eigenvalue weighted by molar-refractivity contribution is 5.89. The molecular formula is C31H27F3N6O2. The first-order chi connectivity index (χ1) is 20.4. The second-order valence-electron chi connectivity index (χ2n) is 10.4. The van der Waals surface area contributed by atoms with Gasteiger partial charge in [-0.2, -0.15) is 18.3 Å². The molecule has 0 bridgehead atoms. The summed E-state index contributed by atoms with van der Waals surface area (Å²) in [6, 6.07) is 21.0. The fraction of sp³-hybridized carbons (Fsp3) is 0.258. The molecule has 7 rings (SSSR count). The Labute approximate surface area is 239 Å². The predicted octanol–water partition coefficient (Wildman–Crippen LogP) is 5.61. The number of hydrogen-bond acceptors (Lipinski definition) is 7. The second kappa shape index (κ2) is 10.6. The largest absolute Gasteiger partial charge is 0.454 e. The topological polar surface area (TPSA) is 68.5 Å². The normalized spacial score (nSPS) is 15.5. The summed E-state index contributed by atoms with van der Waals surface area (Å²) in [5.41, 5.74) is 2.34. The second-order valence-corrected chi connectivity index (χ2v) is 10.4. The van der Waals surface area contributed by atoms with Gasteiger partial charge in [-0.3, -0.25) is 4.90 Å². The van der Waals surface area contributed by atoms with Crippen molar-refractivity contribution in [3.05, 3.63) is 95.7 Å². The Bertz CT molecular complexity index is 1730. The molecule has 2 aliphatic rings. The Balaban J connectivity index is 1.19. The third-order valence-corrected chi connectivity index (χ3v) is 7.61. The van der Waals surface area contributed by atoms with Crippen molar-refractivity contribution in [2.24, 2.45) is 0 Å². The van der Waals surface area contributed by atoms with E-state index in [1.165, 1.54) is 6.07 Å². The molecule has 1 saturated heterocycles. The Morgan fingerprint density at radius 2 is 1.57 bits per heavy atom. The molecule has 0 unspecified atom stereocenters. The van der Waals surface area contributed by atoms with Crippen molar-refractivity contribution in [1.29, 1.82) is 0 Å². The molecule has 0 atom stereocenters. The number of rotatable bonds is 6. The van der Waals surface area contributed by atoms with Gasteiger partial charge in [0.1, 0.15) is 5.82 Å². The van der Waals surface area contributed by atoms with Crippen LogP contribution >= 0.6 is 0 Å². The minimum Gasteiger partial charge on any atom is -0.454 e. The third-order valence-electron chi connectivity index (χ3n) is 7.61. The van der Waals surface area contributed by atoms with Gasteiger partial charge in [0.15, 0.2) is 23.0 Å². The lowest BCUT2D eigenvalue weighted by atomic mass is 10.1. The summed E-state index contributed by atoms with van der Waals surface area (Å²) < 4.78 is 53.4. The highest BCUT2D eigenvalue weighted by Crippen LogP contribution is 2.35. The van der Waals surface area contributed by atoms with E-state index in [1.807, 2.05) is 42.5 Å². The summed E-state index contributed by atoms with van der Waals surface area (Å²) in [7, 11) is 0. The van der Waals surface area contributed by atoms with Crippen molar-refractivity contribution in [3.63, 3.8) is 0 Å². The van der Waals surface area contributed by atoms with Crippen LogP contribution in [0.2, 0.25) is 0 Å². The van der Waals surface area contributed by atoms with E-state index in [9.17, 15) is 13.2 Å². The van der Waals surface area contributed by atoms with Crippen LogP contribution in [0.1, 0.15) is 16.7 Å². The maximum Gasteiger partial charge on any atom is 0.416 e. The molecule has 2 aromatic heterocycles. The van der Waals surface area contributed by atoms with Gasteiger partial charge in [-0.15, -0.1) is 0 Å². The van der Waals surface area contributed by atoms with Gasteiger partial charge in [-0.1, -0.05) is 48.5 Å². The van der Waals surface area contributed by atoms with Gasteiger partial charge in [0, 0.05) is 38.3 Å². The van der Waals surface area contributed by atoms with Crippen molar-refractivity contribution in [3.8, 4) is 22.9 Å². The van der Waals surface area contributed by atoms with Crippen LogP contribution in [-0.2, 0) is 19.3 Å². The highest BCUT2D eigenvalue weighted by Gasteiger charge is 2.31. The fourth-order valence-corrected chi connectivity index (χ4v) is 5.43. The van der Waals surface area contributed by atoms with Crippen LogP contribution in [-0.4, -0.2) is 57.6 Å². The minimum absolute atomic E-state index is 0.237. The van der Waals surface area contributed by atoms with E-state index >= 15 is 0 Å². The Morgan fingerprint density at radius 1 is 0.762 bits per heavy atom. The zero-order chi connectivity index (χ0) is 28.7. The maximum atomic E-state index is 13.5. The molecule has 11 heteroatoms. The quantitative estimate of drug-likeness (QED) is 0.262. The average molecular weight is 573 g/mol. The van der Waals surface area contributed by atoms with Crippen LogP contribution in [0.4, 0.5) is 19.0 Å². The Hall–Kier alpha value is -4.64. The maximum absolute atomic E-state index is 13.5. The number of aromatic nitrogens is 4.